The van der Waals surface area contributed by atoms with Gasteiger partial charge in [0.2, 0.25) is 0 Å². The summed E-state index contributed by atoms with van der Waals surface area (Å²) in [6.07, 6.45) is 4.62. The highest BCUT2D eigenvalue weighted by Gasteiger charge is 2.28. The van der Waals surface area contributed by atoms with Crippen LogP contribution in [0, 0.1) is 0 Å². The summed E-state index contributed by atoms with van der Waals surface area (Å²) in [6, 6.07) is 10.9. The van der Waals surface area contributed by atoms with E-state index in [2.05, 4.69) is 78.6 Å². The average molecular weight is 530 g/mol. The van der Waals surface area contributed by atoms with E-state index in [1.54, 1.807) is 0 Å². The van der Waals surface area contributed by atoms with E-state index in [4.69, 9.17) is 4.99 Å². The van der Waals surface area contributed by atoms with Gasteiger partial charge in [0.15, 0.2) is 5.96 Å². The summed E-state index contributed by atoms with van der Waals surface area (Å²) >= 11 is 0. The van der Waals surface area contributed by atoms with Crippen LogP contribution in [0.2, 0.25) is 0 Å². The Morgan fingerprint density at radius 2 is 1.63 bits per heavy atom. The molecule has 1 saturated heterocycles. The molecule has 1 aromatic carbocycles. The Morgan fingerprint density at radius 1 is 0.967 bits per heavy atom. The summed E-state index contributed by atoms with van der Waals surface area (Å²) in [5.74, 6) is 0.953. The van der Waals surface area contributed by atoms with E-state index in [1.165, 1.54) is 51.1 Å². The first-order valence-electron chi connectivity index (χ1n) is 11.6. The SMILES string of the molecule is CCNC(=NCC(CC)(CC)c1ccccc1)NCCCCN1CCN(C)CC1.I. The Labute approximate surface area is 202 Å². The third-order valence-corrected chi connectivity index (χ3v) is 6.41. The van der Waals surface area contributed by atoms with Gasteiger partial charge in [-0.3, -0.25) is 4.99 Å². The minimum absolute atomic E-state index is 0. The lowest BCUT2D eigenvalue weighted by Crippen LogP contribution is -2.44. The Kier molecular flexibility index (Phi) is 13.6. The number of rotatable bonds is 11. The molecule has 0 unspecified atom stereocenters. The maximum Gasteiger partial charge on any atom is 0.191 e. The van der Waals surface area contributed by atoms with Crippen LogP contribution in [0.25, 0.3) is 0 Å². The van der Waals surface area contributed by atoms with E-state index in [1.807, 2.05) is 0 Å². The van der Waals surface area contributed by atoms with E-state index < -0.39 is 0 Å². The summed E-state index contributed by atoms with van der Waals surface area (Å²) in [6.45, 7) is 15.4. The van der Waals surface area contributed by atoms with Crippen molar-refractivity contribution in [2.75, 3.05) is 59.4 Å². The fourth-order valence-corrected chi connectivity index (χ4v) is 4.08. The van der Waals surface area contributed by atoms with Crippen molar-refractivity contribution in [3.63, 3.8) is 0 Å². The number of guanidine groups is 1. The summed E-state index contributed by atoms with van der Waals surface area (Å²) < 4.78 is 0. The van der Waals surface area contributed by atoms with Gasteiger partial charge in [-0.05, 0) is 51.8 Å². The van der Waals surface area contributed by atoms with Crippen LogP contribution in [-0.2, 0) is 5.41 Å². The molecule has 1 heterocycles. The topological polar surface area (TPSA) is 42.9 Å². The van der Waals surface area contributed by atoms with Gasteiger partial charge in [-0.1, -0.05) is 44.2 Å². The first kappa shape index (κ1) is 27.2. The van der Waals surface area contributed by atoms with Crippen molar-refractivity contribution in [1.29, 1.82) is 0 Å². The monoisotopic (exact) mass is 529 g/mol. The zero-order valence-corrected chi connectivity index (χ0v) is 22.0. The Bertz CT molecular complexity index is 581. The first-order valence-corrected chi connectivity index (χ1v) is 11.6. The smallest absolute Gasteiger partial charge is 0.191 e. The lowest BCUT2D eigenvalue weighted by atomic mass is 9.76. The van der Waals surface area contributed by atoms with Crippen molar-refractivity contribution in [2.24, 2.45) is 4.99 Å². The van der Waals surface area contributed by atoms with Crippen LogP contribution in [-0.4, -0.2) is 75.2 Å². The third-order valence-electron chi connectivity index (χ3n) is 6.41. The second kappa shape index (κ2) is 15.0. The Morgan fingerprint density at radius 3 is 2.23 bits per heavy atom. The molecule has 5 nitrogen and oxygen atoms in total. The maximum atomic E-state index is 4.98. The van der Waals surface area contributed by atoms with Gasteiger partial charge >= 0.3 is 0 Å². The molecule has 1 aliphatic rings. The van der Waals surface area contributed by atoms with Crippen LogP contribution in [0.15, 0.2) is 35.3 Å². The molecule has 1 fully saturated rings. The molecular formula is C24H44IN5. The van der Waals surface area contributed by atoms with Crippen molar-refractivity contribution in [1.82, 2.24) is 20.4 Å². The Balaban J connectivity index is 0.00000450. The fourth-order valence-electron chi connectivity index (χ4n) is 4.08. The molecule has 0 atom stereocenters. The molecule has 1 aromatic rings. The molecule has 30 heavy (non-hydrogen) atoms. The van der Waals surface area contributed by atoms with Gasteiger partial charge < -0.3 is 20.4 Å². The average Bonchev–Trinajstić information content (AvgIpc) is 2.76. The number of halogens is 1. The molecule has 0 spiro atoms. The number of hydrogen-bond acceptors (Lipinski definition) is 3. The summed E-state index contributed by atoms with van der Waals surface area (Å²) in [5.41, 5.74) is 1.52. The highest BCUT2D eigenvalue weighted by Crippen LogP contribution is 2.31. The fraction of sp³-hybridized carbons (Fsp3) is 0.708. The number of nitrogens with one attached hydrogen (secondary N) is 2. The standard InChI is InChI=1S/C24H43N5.HI/c1-5-24(6-2,22-13-9-8-10-14-22)21-27-23(25-7-3)26-15-11-12-16-29-19-17-28(4)18-20-29;/h8-10,13-14H,5-7,11-12,15-21H2,1-4H3,(H2,25,26,27);1H. The predicted octanol–water partition coefficient (Wildman–Crippen LogP) is 3.95. The molecule has 0 amide bonds. The van der Waals surface area contributed by atoms with Crippen molar-refractivity contribution >= 4 is 29.9 Å². The first-order chi connectivity index (χ1) is 14.1. The number of likely N-dealkylation sites (N-methyl/N-ethyl adjacent to an activating group) is 1. The second-order valence-corrected chi connectivity index (χ2v) is 8.33. The summed E-state index contributed by atoms with van der Waals surface area (Å²) in [7, 11) is 2.21. The maximum absolute atomic E-state index is 4.98. The Hall–Kier alpha value is -0.860. The van der Waals surface area contributed by atoms with E-state index in [-0.39, 0.29) is 29.4 Å². The van der Waals surface area contributed by atoms with Crippen molar-refractivity contribution in [2.45, 2.75) is 51.9 Å². The van der Waals surface area contributed by atoms with Gasteiger partial charge in [0.1, 0.15) is 0 Å². The normalized spacial score (nSPS) is 16.2. The molecule has 2 rings (SSSR count). The second-order valence-electron chi connectivity index (χ2n) is 8.33. The minimum atomic E-state index is 0. The molecular weight excluding hydrogens is 485 g/mol. The molecule has 0 radical (unpaired) electrons. The highest BCUT2D eigenvalue weighted by atomic mass is 127. The van der Waals surface area contributed by atoms with Crippen molar-refractivity contribution in [3.05, 3.63) is 35.9 Å². The van der Waals surface area contributed by atoms with E-state index >= 15 is 0 Å². The zero-order valence-electron chi connectivity index (χ0n) is 19.6. The zero-order chi connectivity index (χ0) is 21.0. The molecule has 0 aliphatic carbocycles. The molecule has 2 N–H and O–H groups in total. The number of benzene rings is 1. The van der Waals surface area contributed by atoms with Gasteiger partial charge in [-0.25, -0.2) is 0 Å². The van der Waals surface area contributed by atoms with Crippen LogP contribution in [0.4, 0.5) is 0 Å². The molecule has 172 valence electrons. The number of unbranched alkanes of at least 4 members (excludes halogenated alkanes) is 1. The van der Waals surface area contributed by atoms with Crippen LogP contribution >= 0.6 is 24.0 Å². The van der Waals surface area contributed by atoms with Gasteiger partial charge in [0.05, 0.1) is 6.54 Å². The van der Waals surface area contributed by atoms with Crippen LogP contribution < -0.4 is 10.6 Å². The number of hydrogen-bond donors (Lipinski definition) is 2. The van der Waals surface area contributed by atoms with Crippen LogP contribution in [0.3, 0.4) is 0 Å². The van der Waals surface area contributed by atoms with Gasteiger partial charge in [0.25, 0.3) is 0 Å². The van der Waals surface area contributed by atoms with Crippen LogP contribution in [0.1, 0.15) is 52.0 Å². The predicted molar refractivity (Wildman–Crippen MR) is 141 cm³/mol. The molecule has 1 aliphatic heterocycles. The van der Waals surface area contributed by atoms with E-state index in [0.29, 0.717) is 0 Å². The number of nitrogens with zero attached hydrogens (tertiary/aromatic N) is 3. The summed E-state index contributed by atoms with van der Waals surface area (Å²) in [5, 5.41) is 6.97. The lowest BCUT2D eigenvalue weighted by Gasteiger charge is -2.32. The van der Waals surface area contributed by atoms with E-state index in [9.17, 15) is 0 Å². The molecule has 6 heteroatoms. The largest absolute Gasteiger partial charge is 0.357 e. The van der Waals surface area contributed by atoms with Crippen LogP contribution in [0.5, 0.6) is 0 Å². The van der Waals surface area contributed by atoms with Gasteiger partial charge in [-0.15, -0.1) is 24.0 Å². The molecule has 0 bridgehead atoms. The van der Waals surface area contributed by atoms with E-state index in [0.717, 1.165) is 38.4 Å². The third kappa shape index (κ3) is 8.71. The molecule has 0 aromatic heterocycles. The summed E-state index contributed by atoms with van der Waals surface area (Å²) in [4.78, 5) is 9.99. The minimum Gasteiger partial charge on any atom is -0.357 e. The van der Waals surface area contributed by atoms with Crippen molar-refractivity contribution < 1.29 is 0 Å². The quantitative estimate of drug-likeness (QED) is 0.197. The lowest BCUT2D eigenvalue weighted by molar-refractivity contribution is 0.152. The van der Waals surface area contributed by atoms with Crippen molar-refractivity contribution in [3.8, 4) is 0 Å². The highest BCUT2D eigenvalue weighted by molar-refractivity contribution is 14.0. The number of piperazine rings is 1. The van der Waals surface area contributed by atoms with Gasteiger partial charge in [-0.2, -0.15) is 0 Å². The molecule has 0 saturated carbocycles. The number of aliphatic imine (C=N–C) groups is 1. The van der Waals surface area contributed by atoms with Gasteiger partial charge in [0, 0.05) is 44.7 Å².